The second-order valence-electron chi connectivity index (χ2n) is 5.43. The zero-order chi connectivity index (χ0) is 17.4. The maximum Gasteiger partial charge on any atom is 0.262 e. The van der Waals surface area contributed by atoms with Crippen LogP contribution in [0, 0.1) is 13.8 Å². The van der Waals surface area contributed by atoms with Crippen LogP contribution in [0.4, 0.5) is 5.13 Å². The van der Waals surface area contributed by atoms with E-state index in [1.807, 2.05) is 25.3 Å². The first kappa shape index (κ1) is 16.7. The van der Waals surface area contributed by atoms with Crippen LogP contribution in [0.25, 0.3) is 10.9 Å². The zero-order valence-corrected chi connectivity index (χ0v) is 15.1. The Kier molecular flexibility index (Phi) is 4.43. The molecule has 7 heteroatoms. The summed E-state index contributed by atoms with van der Waals surface area (Å²) in [5.74, 6) is -0.460. The minimum absolute atomic E-state index is 0.0807. The van der Waals surface area contributed by atoms with Gasteiger partial charge in [-0.1, -0.05) is 11.6 Å². The fourth-order valence-electron chi connectivity index (χ4n) is 2.48. The standard InChI is InChI=1S/C17H16ClN3O2S/c1-4-21-8-13(15(22)12-7-11(18)5-6-14(12)21)16(23)20-17-19-9(2)10(3)24-17/h5-8H,4H2,1-3H3,(H,19,20,23). The summed E-state index contributed by atoms with van der Waals surface area (Å²) in [6.45, 7) is 6.40. The molecule has 5 nitrogen and oxygen atoms in total. The van der Waals surface area contributed by atoms with Gasteiger partial charge in [-0.3, -0.25) is 14.9 Å². The maximum atomic E-state index is 12.7. The Labute approximate surface area is 147 Å². The van der Waals surface area contributed by atoms with E-state index in [0.717, 1.165) is 16.1 Å². The number of fused-ring (bicyclic) bond motifs is 1. The lowest BCUT2D eigenvalue weighted by molar-refractivity contribution is 0.102. The lowest BCUT2D eigenvalue weighted by Gasteiger charge is -2.11. The smallest absolute Gasteiger partial charge is 0.262 e. The molecule has 2 aromatic heterocycles. The van der Waals surface area contributed by atoms with E-state index < -0.39 is 5.91 Å². The maximum absolute atomic E-state index is 12.7. The summed E-state index contributed by atoms with van der Waals surface area (Å²) in [6, 6.07) is 5.12. The van der Waals surface area contributed by atoms with Gasteiger partial charge in [0, 0.05) is 28.0 Å². The van der Waals surface area contributed by atoms with E-state index in [4.69, 9.17) is 11.6 Å². The van der Waals surface area contributed by atoms with Crippen molar-refractivity contribution in [1.82, 2.24) is 9.55 Å². The molecule has 0 saturated heterocycles. The molecule has 0 atom stereocenters. The van der Waals surface area contributed by atoms with Crippen molar-refractivity contribution in [3.05, 3.63) is 55.8 Å². The number of nitrogens with zero attached hydrogens (tertiary/aromatic N) is 2. The molecule has 0 radical (unpaired) electrons. The van der Waals surface area contributed by atoms with Crippen LogP contribution < -0.4 is 10.7 Å². The molecule has 0 saturated carbocycles. The number of aromatic nitrogens is 2. The highest BCUT2D eigenvalue weighted by molar-refractivity contribution is 7.15. The van der Waals surface area contributed by atoms with E-state index in [0.29, 0.717) is 22.1 Å². The molecule has 0 spiro atoms. The number of amides is 1. The minimum atomic E-state index is -0.460. The molecule has 0 aliphatic heterocycles. The number of halogens is 1. The molecule has 3 rings (SSSR count). The molecule has 0 bridgehead atoms. The molecule has 3 aromatic rings. The van der Waals surface area contributed by atoms with Gasteiger partial charge in [-0.25, -0.2) is 4.98 Å². The average molecular weight is 362 g/mol. The van der Waals surface area contributed by atoms with Gasteiger partial charge in [-0.15, -0.1) is 11.3 Å². The zero-order valence-electron chi connectivity index (χ0n) is 13.5. The minimum Gasteiger partial charge on any atom is -0.347 e. The summed E-state index contributed by atoms with van der Waals surface area (Å²) in [5, 5.41) is 4.10. The Morgan fingerprint density at radius 2 is 2.12 bits per heavy atom. The highest BCUT2D eigenvalue weighted by Gasteiger charge is 2.17. The molecule has 0 unspecified atom stereocenters. The Morgan fingerprint density at radius 1 is 1.38 bits per heavy atom. The molecule has 124 valence electrons. The molecular weight excluding hydrogens is 346 g/mol. The quantitative estimate of drug-likeness (QED) is 0.766. The van der Waals surface area contributed by atoms with Crippen molar-refractivity contribution < 1.29 is 4.79 Å². The van der Waals surface area contributed by atoms with Crippen LogP contribution in [0.1, 0.15) is 27.9 Å². The monoisotopic (exact) mass is 361 g/mol. The molecule has 0 fully saturated rings. The van der Waals surface area contributed by atoms with E-state index in [1.165, 1.54) is 11.3 Å². The summed E-state index contributed by atoms with van der Waals surface area (Å²) < 4.78 is 1.86. The van der Waals surface area contributed by atoms with Crippen LogP contribution in [0.15, 0.2) is 29.2 Å². The first-order chi connectivity index (χ1) is 11.4. The van der Waals surface area contributed by atoms with Gasteiger partial charge in [0.05, 0.1) is 11.2 Å². The van der Waals surface area contributed by atoms with E-state index in [9.17, 15) is 9.59 Å². The molecule has 0 aliphatic carbocycles. The Balaban J connectivity index is 2.09. The Morgan fingerprint density at radius 3 is 2.75 bits per heavy atom. The van der Waals surface area contributed by atoms with Gasteiger partial charge in [-0.2, -0.15) is 0 Å². The number of hydrogen-bond acceptors (Lipinski definition) is 4. The summed E-state index contributed by atoms with van der Waals surface area (Å²) in [6.07, 6.45) is 1.58. The molecule has 2 heterocycles. The molecule has 1 N–H and O–H groups in total. The molecule has 0 aliphatic rings. The summed E-state index contributed by atoms with van der Waals surface area (Å²) in [5.41, 5.74) is 1.37. The van der Waals surface area contributed by atoms with Crippen molar-refractivity contribution in [2.24, 2.45) is 0 Å². The van der Waals surface area contributed by atoms with Gasteiger partial charge >= 0.3 is 0 Å². The SMILES string of the molecule is CCn1cc(C(=O)Nc2nc(C)c(C)s2)c(=O)c2cc(Cl)ccc21. The third-order valence-electron chi connectivity index (χ3n) is 3.88. The summed E-state index contributed by atoms with van der Waals surface area (Å²) >= 11 is 7.40. The fraction of sp³-hybridized carbons (Fsp3) is 0.235. The summed E-state index contributed by atoms with van der Waals surface area (Å²) in [7, 11) is 0. The predicted octanol–water partition coefficient (Wildman–Crippen LogP) is 4.00. The van der Waals surface area contributed by atoms with Crippen molar-refractivity contribution in [3.8, 4) is 0 Å². The van der Waals surface area contributed by atoms with Gasteiger partial charge < -0.3 is 4.57 Å². The van der Waals surface area contributed by atoms with Crippen LogP contribution in [0.5, 0.6) is 0 Å². The number of thiazole rings is 1. The number of rotatable bonds is 3. The predicted molar refractivity (Wildman–Crippen MR) is 98.4 cm³/mol. The second-order valence-corrected chi connectivity index (χ2v) is 7.07. The Bertz CT molecular complexity index is 987. The molecular formula is C17H16ClN3O2S. The second kappa shape index (κ2) is 6.37. The van der Waals surface area contributed by atoms with Crippen molar-refractivity contribution in [2.45, 2.75) is 27.3 Å². The van der Waals surface area contributed by atoms with Gasteiger partial charge in [0.1, 0.15) is 5.56 Å². The van der Waals surface area contributed by atoms with Gasteiger partial charge in [-0.05, 0) is 39.0 Å². The van der Waals surface area contributed by atoms with Crippen LogP contribution in [0.3, 0.4) is 0 Å². The number of benzene rings is 1. The van der Waals surface area contributed by atoms with E-state index in [2.05, 4.69) is 10.3 Å². The number of aryl methyl sites for hydroxylation is 3. The molecule has 1 amide bonds. The number of carbonyl (C=O) groups excluding carboxylic acids is 1. The van der Waals surface area contributed by atoms with Crippen LogP contribution in [-0.2, 0) is 6.54 Å². The number of pyridine rings is 1. The van der Waals surface area contributed by atoms with E-state index in [1.54, 1.807) is 24.4 Å². The van der Waals surface area contributed by atoms with Crippen LogP contribution in [0.2, 0.25) is 5.02 Å². The number of nitrogens with one attached hydrogen (secondary N) is 1. The topological polar surface area (TPSA) is 64.0 Å². The number of carbonyl (C=O) groups is 1. The lowest BCUT2D eigenvalue weighted by Crippen LogP contribution is -2.23. The third kappa shape index (κ3) is 2.95. The normalized spacial score (nSPS) is 11.0. The van der Waals surface area contributed by atoms with E-state index in [-0.39, 0.29) is 11.0 Å². The van der Waals surface area contributed by atoms with Crippen molar-refractivity contribution in [1.29, 1.82) is 0 Å². The third-order valence-corrected chi connectivity index (χ3v) is 5.10. The van der Waals surface area contributed by atoms with E-state index >= 15 is 0 Å². The number of anilines is 1. The fourth-order valence-corrected chi connectivity index (χ4v) is 3.47. The van der Waals surface area contributed by atoms with Gasteiger partial charge in [0.25, 0.3) is 5.91 Å². The largest absolute Gasteiger partial charge is 0.347 e. The van der Waals surface area contributed by atoms with Crippen LogP contribution in [-0.4, -0.2) is 15.5 Å². The lowest BCUT2D eigenvalue weighted by atomic mass is 10.1. The first-order valence-corrected chi connectivity index (χ1v) is 8.68. The summed E-state index contributed by atoms with van der Waals surface area (Å²) in [4.78, 5) is 30.6. The van der Waals surface area contributed by atoms with Crippen molar-refractivity contribution in [3.63, 3.8) is 0 Å². The van der Waals surface area contributed by atoms with Gasteiger partial charge in [0.2, 0.25) is 5.43 Å². The first-order valence-electron chi connectivity index (χ1n) is 7.48. The molecule has 24 heavy (non-hydrogen) atoms. The average Bonchev–Trinajstić information content (AvgIpc) is 2.85. The number of hydrogen-bond donors (Lipinski definition) is 1. The van der Waals surface area contributed by atoms with Crippen molar-refractivity contribution >= 4 is 44.9 Å². The van der Waals surface area contributed by atoms with Crippen LogP contribution >= 0.6 is 22.9 Å². The highest BCUT2D eigenvalue weighted by Crippen LogP contribution is 2.22. The highest BCUT2D eigenvalue weighted by atomic mass is 35.5. The van der Waals surface area contributed by atoms with Gasteiger partial charge in [0.15, 0.2) is 5.13 Å². The Hall–Kier alpha value is -2.18. The van der Waals surface area contributed by atoms with Crippen molar-refractivity contribution in [2.75, 3.05) is 5.32 Å². The molecule has 1 aromatic carbocycles.